The van der Waals surface area contributed by atoms with E-state index in [4.69, 9.17) is 4.74 Å². The highest BCUT2D eigenvalue weighted by atomic mass is 127. The first kappa shape index (κ1) is 26.5. The van der Waals surface area contributed by atoms with Gasteiger partial charge in [-0.15, -0.1) is 24.0 Å². The first-order valence-electron chi connectivity index (χ1n) is 9.48. The minimum Gasteiger partial charge on any atom is -0.497 e. The summed E-state index contributed by atoms with van der Waals surface area (Å²) in [4.78, 5) is 18.1. The summed E-state index contributed by atoms with van der Waals surface area (Å²) in [5, 5.41) is 6.56. The number of benzene rings is 1. The van der Waals surface area contributed by atoms with Gasteiger partial charge in [-0.2, -0.15) is 0 Å². The number of hydrogen-bond acceptors (Lipinski definition) is 3. The fraction of sp³-hybridized carbons (Fsp3) is 0.619. The van der Waals surface area contributed by atoms with Gasteiger partial charge in [0.15, 0.2) is 5.96 Å². The zero-order valence-electron chi connectivity index (χ0n) is 18.3. The molecule has 28 heavy (non-hydrogen) atoms. The Labute approximate surface area is 187 Å². The largest absolute Gasteiger partial charge is 0.497 e. The molecular formula is C21H37IN4O2. The van der Waals surface area contributed by atoms with E-state index >= 15 is 0 Å². The van der Waals surface area contributed by atoms with E-state index in [0.717, 1.165) is 24.2 Å². The summed E-state index contributed by atoms with van der Waals surface area (Å²) in [6, 6.07) is 8.10. The molecule has 0 aliphatic heterocycles. The van der Waals surface area contributed by atoms with Gasteiger partial charge < -0.3 is 20.3 Å². The third-order valence-corrected chi connectivity index (χ3v) is 4.20. The number of carbonyl (C=O) groups is 1. The Morgan fingerprint density at radius 1 is 1.21 bits per heavy atom. The maximum Gasteiger partial charge on any atom is 0.241 e. The van der Waals surface area contributed by atoms with Crippen molar-refractivity contribution in [2.24, 2.45) is 10.4 Å². The lowest BCUT2D eigenvalue weighted by Gasteiger charge is -2.23. The molecule has 0 saturated carbocycles. The summed E-state index contributed by atoms with van der Waals surface area (Å²) >= 11 is 0. The number of guanidine groups is 1. The molecule has 0 radical (unpaired) electrons. The number of nitrogens with one attached hydrogen (secondary N) is 2. The van der Waals surface area contributed by atoms with Gasteiger partial charge in [-0.05, 0) is 42.9 Å². The van der Waals surface area contributed by atoms with Crippen molar-refractivity contribution in [3.05, 3.63) is 29.8 Å². The molecule has 0 fully saturated rings. The van der Waals surface area contributed by atoms with Crippen LogP contribution in [0.5, 0.6) is 5.75 Å². The van der Waals surface area contributed by atoms with Crippen LogP contribution in [0, 0.1) is 5.41 Å². The van der Waals surface area contributed by atoms with Crippen molar-refractivity contribution in [2.75, 3.05) is 27.7 Å². The monoisotopic (exact) mass is 504 g/mol. The van der Waals surface area contributed by atoms with E-state index in [-0.39, 0.29) is 42.5 Å². The number of aliphatic imine (C=N–C) groups is 1. The van der Waals surface area contributed by atoms with E-state index < -0.39 is 0 Å². The number of amides is 1. The van der Waals surface area contributed by atoms with Crippen molar-refractivity contribution in [3.8, 4) is 5.75 Å². The maximum atomic E-state index is 11.9. The Bertz CT molecular complexity index is 610. The normalized spacial score (nSPS) is 12.6. The first-order chi connectivity index (χ1) is 12.6. The molecule has 7 heteroatoms. The molecule has 2 N–H and O–H groups in total. The number of methoxy groups -OCH3 is 1. The lowest BCUT2D eigenvalue weighted by Crippen LogP contribution is -2.46. The number of ether oxygens (including phenoxy) is 1. The second kappa shape index (κ2) is 12.9. The lowest BCUT2D eigenvalue weighted by molar-refractivity contribution is -0.127. The average molecular weight is 504 g/mol. The molecule has 0 aromatic heterocycles. The Morgan fingerprint density at radius 3 is 2.32 bits per heavy atom. The van der Waals surface area contributed by atoms with Gasteiger partial charge in [0, 0.05) is 20.1 Å². The van der Waals surface area contributed by atoms with Gasteiger partial charge in [-0.25, -0.2) is 4.99 Å². The molecule has 1 aromatic carbocycles. The summed E-state index contributed by atoms with van der Waals surface area (Å²) in [6.45, 7) is 9.62. The van der Waals surface area contributed by atoms with Crippen LogP contribution in [0.4, 0.5) is 0 Å². The number of rotatable bonds is 8. The predicted molar refractivity (Wildman–Crippen MR) is 128 cm³/mol. The number of nitrogens with zero attached hydrogens (tertiary/aromatic N) is 2. The average Bonchev–Trinajstić information content (AvgIpc) is 2.61. The molecule has 1 unspecified atom stereocenters. The molecule has 0 bridgehead atoms. The lowest BCUT2D eigenvalue weighted by atomic mass is 9.89. The molecule has 1 amide bonds. The summed E-state index contributed by atoms with van der Waals surface area (Å²) in [6.07, 6.45) is 2.15. The topological polar surface area (TPSA) is 66.0 Å². The molecule has 1 aromatic rings. The molecular weight excluding hydrogens is 467 g/mol. The summed E-state index contributed by atoms with van der Waals surface area (Å²) in [7, 11) is 5.15. The molecule has 1 atom stereocenters. The van der Waals surface area contributed by atoms with Gasteiger partial charge in [0.05, 0.1) is 20.2 Å². The van der Waals surface area contributed by atoms with E-state index in [1.165, 1.54) is 0 Å². The van der Waals surface area contributed by atoms with Gasteiger partial charge in [-0.1, -0.05) is 32.9 Å². The van der Waals surface area contributed by atoms with Crippen LogP contribution in [-0.4, -0.2) is 50.6 Å². The highest BCUT2D eigenvalue weighted by molar-refractivity contribution is 14.0. The van der Waals surface area contributed by atoms with E-state index in [2.05, 4.69) is 43.3 Å². The SMILES string of the molecule is COc1ccc(CN=C(NCC(=O)N(C)C)NC(C)CCC(C)(C)C)cc1.I. The fourth-order valence-corrected chi connectivity index (χ4v) is 2.33. The van der Waals surface area contributed by atoms with Crippen LogP contribution < -0.4 is 15.4 Å². The molecule has 0 spiro atoms. The number of likely N-dealkylation sites (N-methyl/N-ethyl adjacent to an activating group) is 1. The number of halogens is 1. The van der Waals surface area contributed by atoms with Crippen molar-refractivity contribution in [3.63, 3.8) is 0 Å². The fourth-order valence-electron chi connectivity index (χ4n) is 2.33. The Morgan fingerprint density at radius 2 is 1.82 bits per heavy atom. The standard InChI is InChI=1S/C21H36N4O2.HI/c1-16(12-13-21(2,3)4)24-20(23-15-19(26)25(5)6)22-14-17-8-10-18(27-7)11-9-17;/h8-11,16H,12-15H2,1-7H3,(H2,22,23,24);1H. The van der Waals surface area contributed by atoms with Crippen molar-refractivity contribution in [1.29, 1.82) is 0 Å². The number of hydrogen-bond donors (Lipinski definition) is 2. The molecule has 6 nitrogen and oxygen atoms in total. The van der Waals surface area contributed by atoms with Crippen LogP contribution in [-0.2, 0) is 11.3 Å². The van der Waals surface area contributed by atoms with Gasteiger partial charge in [0.1, 0.15) is 5.75 Å². The smallest absolute Gasteiger partial charge is 0.241 e. The van der Waals surface area contributed by atoms with E-state index in [0.29, 0.717) is 17.9 Å². The Kier molecular flexibility index (Phi) is 12.2. The third-order valence-electron chi connectivity index (χ3n) is 4.20. The van der Waals surface area contributed by atoms with Crippen LogP contribution in [0.25, 0.3) is 0 Å². The zero-order valence-corrected chi connectivity index (χ0v) is 20.7. The Hall–Kier alpha value is -1.51. The molecule has 0 aliphatic carbocycles. The highest BCUT2D eigenvalue weighted by Gasteiger charge is 2.14. The van der Waals surface area contributed by atoms with Crippen molar-refractivity contribution >= 4 is 35.8 Å². The minimum absolute atomic E-state index is 0. The molecule has 1 rings (SSSR count). The van der Waals surface area contributed by atoms with Gasteiger partial charge in [0.2, 0.25) is 5.91 Å². The molecule has 0 aliphatic rings. The second-order valence-corrected chi connectivity index (χ2v) is 8.30. The van der Waals surface area contributed by atoms with Crippen molar-refractivity contribution in [2.45, 2.75) is 53.1 Å². The summed E-state index contributed by atoms with van der Waals surface area (Å²) in [5.74, 6) is 1.49. The van der Waals surface area contributed by atoms with E-state index in [9.17, 15) is 4.79 Å². The van der Waals surface area contributed by atoms with Gasteiger partial charge in [0.25, 0.3) is 0 Å². The van der Waals surface area contributed by atoms with Gasteiger partial charge >= 0.3 is 0 Å². The second-order valence-electron chi connectivity index (χ2n) is 8.30. The highest BCUT2D eigenvalue weighted by Crippen LogP contribution is 2.21. The van der Waals surface area contributed by atoms with Crippen LogP contribution in [0.15, 0.2) is 29.3 Å². The van der Waals surface area contributed by atoms with Crippen molar-refractivity contribution in [1.82, 2.24) is 15.5 Å². The molecule has 160 valence electrons. The van der Waals surface area contributed by atoms with E-state index in [1.807, 2.05) is 24.3 Å². The van der Waals surface area contributed by atoms with E-state index in [1.54, 1.807) is 26.1 Å². The zero-order chi connectivity index (χ0) is 20.4. The molecule has 0 saturated heterocycles. The Balaban J connectivity index is 0.00000729. The number of carbonyl (C=O) groups excluding carboxylic acids is 1. The van der Waals surface area contributed by atoms with Crippen LogP contribution in [0.3, 0.4) is 0 Å². The van der Waals surface area contributed by atoms with Gasteiger partial charge in [-0.3, -0.25) is 4.79 Å². The molecule has 0 heterocycles. The minimum atomic E-state index is 0. The van der Waals surface area contributed by atoms with Crippen LogP contribution >= 0.6 is 24.0 Å². The third kappa shape index (κ3) is 11.4. The first-order valence-corrected chi connectivity index (χ1v) is 9.48. The maximum absolute atomic E-state index is 11.9. The summed E-state index contributed by atoms with van der Waals surface area (Å²) in [5.41, 5.74) is 1.38. The van der Waals surface area contributed by atoms with Crippen LogP contribution in [0.1, 0.15) is 46.1 Å². The predicted octanol–water partition coefficient (Wildman–Crippen LogP) is 3.65. The summed E-state index contributed by atoms with van der Waals surface area (Å²) < 4.78 is 5.19. The van der Waals surface area contributed by atoms with Crippen LogP contribution in [0.2, 0.25) is 0 Å². The quantitative estimate of drug-likeness (QED) is 0.322. The van der Waals surface area contributed by atoms with Crippen molar-refractivity contribution < 1.29 is 9.53 Å².